The predicted molar refractivity (Wildman–Crippen MR) is 183 cm³/mol. The zero-order valence-corrected chi connectivity index (χ0v) is 29.0. The normalized spacial score (nSPS) is 17.0. The first-order valence-corrected chi connectivity index (χ1v) is 17.2. The van der Waals surface area contributed by atoms with E-state index in [0.29, 0.717) is 30.2 Å². The van der Waals surface area contributed by atoms with E-state index in [9.17, 15) is 9.90 Å². The molecule has 2 fully saturated rings. The Bertz CT molecular complexity index is 1490. The lowest BCUT2D eigenvalue weighted by molar-refractivity contribution is -0.142. The third kappa shape index (κ3) is 8.87. The van der Waals surface area contributed by atoms with E-state index in [0.717, 1.165) is 93.0 Å². The number of likely N-dealkylation sites (tertiary alicyclic amines) is 1. The highest BCUT2D eigenvalue weighted by atomic mass is 35.5. The highest BCUT2D eigenvalue weighted by Gasteiger charge is 2.32. The lowest BCUT2D eigenvalue weighted by atomic mass is 9.94. The summed E-state index contributed by atoms with van der Waals surface area (Å²) in [5.74, 6) is 0.601. The number of morpholine rings is 1. The van der Waals surface area contributed by atoms with Crippen LogP contribution in [0.2, 0.25) is 5.02 Å². The second kappa shape index (κ2) is 17.7. The summed E-state index contributed by atoms with van der Waals surface area (Å²) in [6.45, 7) is 8.43. The first-order chi connectivity index (χ1) is 23.4. The lowest BCUT2D eigenvalue weighted by Crippen LogP contribution is -2.37. The number of rotatable bonds is 17. The van der Waals surface area contributed by atoms with E-state index < -0.39 is 12.0 Å². The maximum absolute atomic E-state index is 11.7. The molecule has 2 aromatic carbocycles. The molecule has 0 spiro atoms. The number of methoxy groups -OCH3 is 2. The molecule has 12 heteroatoms. The second-order valence-corrected chi connectivity index (χ2v) is 12.5. The minimum atomic E-state index is -0.846. The Morgan fingerprint density at radius 3 is 2.42 bits per heavy atom. The van der Waals surface area contributed by atoms with Crippen molar-refractivity contribution in [1.29, 1.82) is 0 Å². The summed E-state index contributed by atoms with van der Waals surface area (Å²) in [4.78, 5) is 25.0. The van der Waals surface area contributed by atoms with Crippen LogP contribution in [0.4, 0.5) is 0 Å². The van der Waals surface area contributed by atoms with Crippen LogP contribution in [0.3, 0.4) is 0 Å². The van der Waals surface area contributed by atoms with Crippen LogP contribution in [0.5, 0.6) is 23.5 Å². The molecular weight excluding hydrogens is 636 g/mol. The van der Waals surface area contributed by atoms with Crippen LogP contribution >= 0.6 is 11.6 Å². The summed E-state index contributed by atoms with van der Waals surface area (Å²) in [6.07, 6.45) is 5.33. The molecule has 0 unspecified atom stereocenters. The Kier molecular flexibility index (Phi) is 13.1. The molecule has 0 bridgehead atoms. The van der Waals surface area contributed by atoms with Crippen molar-refractivity contribution in [3.63, 3.8) is 0 Å². The molecule has 0 saturated carbocycles. The number of carboxylic acids is 1. The van der Waals surface area contributed by atoms with Crippen LogP contribution in [0.15, 0.2) is 36.4 Å². The van der Waals surface area contributed by atoms with E-state index in [1.165, 1.54) is 14.2 Å². The molecule has 1 aromatic heterocycles. The van der Waals surface area contributed by atoms with Gasteiger partial charge in [0.15, 0.2) is 0 Å². The molecule has 3 aromatic rings. The van der Waals surface area contributed by atoms with Crippen LogP contribution in [0.25, 0.3) is 11.1 Å². The number of nitrogens with zero attached hydrogens (tertiary/aromatic N) is 4. The minimum absolute atomic E-state index is 0.0706. The van der Waals surface area contributed by atoms with Gasteiger partial charge in [0.25, 0.3) is 0 Å². The summed E-state index contributed by atoms with van der Waals surface area (Å²) < 4.78 is 29.1. The molecule has 3 heterocycles. The molecule has 2 saturated heterocycles. The van der Waals surface area contributed by atoms with E-state index in [4.69, 9.17) is 35.3 Å². The second-order valence-electron chi connectivity index (χ2n) is 12.1. The summed E-state index contributed by atoms with van der Waals surface area (Å²) in [6, 6.07) is 11.6. The standard InChI is InChI=1S/C36H47ClN4O7/c1-4-5-11-27-26(12-7-15-31(27)47-20-9-16-40-18-21-46-22-19-40)28-13-6-10-25(32(28)37)24-48-36-38-33(44-2)29(34(39-36)45-3)23-41-17-8-14-30(41)35(42)43/h6-7,10,12-13,15,30H,4-5,8-9,11,14,16-24H2,1-3H3,(H,42,43)/t30-/m0/s1. The zero-order valence-electron chi connectivity index (χ0n) is 28.2. The van der Waals surface area contributed by atoms with E-state index in [-0.39, 0.29) is 30.9 Å². The minimum Gasteiger partial charge on any atom is -0.493 e. The topological polar surface area (TPSA) is 116 Å². The van der Waals surface area contributed by atoms with Gasteiger partial charge in [0.2, 0.25) is 11.8 Å². The van der Waals surface area contributed by atoms with E-state index >= 15 is 0 Å². The van der Waals surface area contributed by atoms with Crippen LogP contribution < -0.4 is 18.9 Å². The number of aliphatic carboxylic acids is 1. The Labute approximate surface area is 288 Å². The Hall–Kier alpha value is -3.64. The Morgan fingerprint density at radius 1 is 0.979 bits per heavy atom. The van der Waals surface area contributed by atoms with Gasteiger partial charge in [0, 0.05) is 42.9 Å². The Morgan fingerprint density at radius 2 is 1.71 bits per heavy atom. The van der Waals surface area contributed by atoms with Crippen molar-refractivity contribution in [3.05, 3.63) is 58.1 Å². The summed E-state index contributed by atoms with van der Waals surface area (Å²) in [5.41, 5.74) is 4.46. The summed E-state index contributed by atoms with van der Waals surface area (Å²) in [7, 11) is 3.01. The lowest BCUT2D eigenvalue weighted by Gasteiger charge is -2.26. The molecule has 2 aliphatic heterocycles. The highest BCUT2D eigenvalue weighted by Crippen LogP contribution is 2.38. The van der Waals surface area contributed by atoms with Crippen LogP contribution in [0, 0.1) is 0 Å². The van der Waals surface area contributed by atoms with Crippen molar-refractivity contribution in [2.24, 2.45) is 0 Å². The quantitative estimate of drug-likeness (QED) is 0.172. The number of unbranched alkanes of at least 4 members (excludes halogenated alkanes) is 1. The monoisotopic (exact) mass is 682 g/mol. The van der Waals surface area contributed by atoms with Gasteiger partial charge in [-0.05, 0) is 50.3 Å². The smallest absolute Gasteiger partial charge is 0.323 e. The number of aromatic nitrogens is 2. The van der Waals surface area contributed by atoms with Crippen molar-refractivity contribution in [1.82, 2.24) is 19.8 Å². The van der Waals surface area contributed by atoms with Crippen molar-refractivity contribution >= 4 is 17.6 Å². The van der Waals surface area contributed by atoms with Gasteiger partial charge in [-0.2, -0.15) is 9.97 Å². The van der Waals surface area contributed by atoms with Crippen LogP contribution in [0.1, 0.15) is 55.7 Å². The van der Waals surface area contributed by atoms with Crippen molar-refractivity contribution in [3.8, 4) is 34.6 Å². The van der Waals surface area contributed by atoms with Crippen LogP contribution in [-0.2, 0) is 29.1 Å². The van der Waals surface area contributed by atoms with Crippen molar-refractivity contribution in [2.45, 2.75) is 64.6 Å². The number of hydrogen-bond donors (Lipinski definition) is 1. The maximum Gasteiger partial charge on any atom is 0.323 e. The highest BCUT2D eigenvalue weighted by molar-refractivity contribution is 6.34. The fraction of sp³-hybridized carbons (Fsp3) is 0.528. The van der Waals surface area contributed by atoms with E-state index in [1.807, 2.05) is 29.2 Å². The molecule has 0 amide bonds. The molecule has 0 radical (unpaired) electrons. The molecule has 260 valence electrons. The number of halogens is 1. The molecule has 0 aliphatic carbocycles. The van der Waals surface area contributed by atoms with Gasteiger partial charge in [0.05, 0.1) is 44.6 Å². The summed E-state index contributed by atoms with van der Waals surface area (Å²) in [5, 5.41) is 10.2. The van der Waals surface area contributed by atoms with Gasteiger partial charge in [0.1, 0.15) is 18.4 Å². The molecule has 1 N–H and O–H groups in total. The SMILES string of the molecule is CCCCc1c(OCCCN2CCOCC2)cccc1-c1cccc(COc2nc(OC)c(CN3CCC[C@H]3C(=O)O)c(OC)n2)c1Cl. The average molecular weight is 683 g/mol. The average Bonchev–Trinajstić information content (AvgIpc) is 3.58. The number of carbonyl (C=O) groups is 1. The Balaban J connectivity index is 1.32. The van der Waals surface area contributed by atoms with Crippen molar-refractivity contribution in [2.75, 3.05) is 60.2 Å². The fourth-order valence-corrected chi connectivity index (χ4v) is 6.64. The molecule has 1 atom stereocenters. The fourth-order valence-electron chi connectivity index (χ4n) is 6.36. The summed E-state index contributed by atoms with van der Waals surface area (Å²) >= 11 is 7.08. The number of carboxylic acid groups (broad SMARTS) is 1. The third-order valence-electron chi connectivity index (χ3n) is 8.93. The molecule has 48 heavy (non-hydrogen) atoms. The van der Waals surface area contributed by atoms with Gasteiger partial charge in [-0.1, -0.05) is 55.3 Å². The van der Waals surface area contributed by atoms with Gasteiger partial charge >= 0.3 is 12.0 Å². The first kappa shape index (κ1) is 35.7. The first-order valence-electron chi connectivity index (χ1n) is 16.8. The van der Waals surface area contributed by atoms with Gasteiger partial charge < -0.3 is 28.8 Å². The van der Waals surface area contributed by atoms with E-state index in [1.54, 1.807) is 0 Å². The van der Waals surface area contributed by atoms with Gasteiger partial charge in [-0.25, -0.2) is 0 Å². The van der Waals surface area contributed by atoms with Gasteiger partial charge in [-0.3, -0.25) is 14.6 Å². The molecule has 2 aliphatic rings. The third-order valence-corrected chi connectivity index (χ3v) is 9.37. The molecule has 11 nitrogen and oxygen atoms in total. The maximum atomic E-state index is 11.7. The molecule has 5 rings (SSSR count). The van der Waals surface area contributed by atoms with Gasteiger partial charge in [-0.15, -0.1) is 0 Å². The van der Waals surface area contributed by atoms with Crippen LogP contribution in [-0.4, -0.2) is 97.1 Å². The molecular formula is C36H47ClN4O7. The van der Waals surface area contributed by atoms with E-state index in [2.05, 4.69) is 33.9 Å². The number of hydrogen-bond acceptors (Lipinski definition) is 10. The zero-order chi connectivity index (χ0) is 33.9. The number of ether oxygens (including phenoxy) is 5. The largest absolute Gasteiger partial charge is 0.493 e. The van der Waals surface area contributed by atoms with Crippen molar-refractivity contribution < 1.29 is 33.6 Å². The predicted octanol–water partition coefficient (Wildman–Crippen LogP) is 5.89. The number of benzene rings is 2.